The number of rotatable bonds is 2. The van der Waals surface area contributed by atoms with Crippen molar-refractivity contribution in [3.63, 3.8) is 0 Å². The van der Waals surface area contributed by atoms with Crippen LogP contribution in [0.15, 0.2) is 12.2 Å². The maximum Gasteiger partial charge on any atom is 0.186 e. The lowest BCUT2D eigenvalue weighted by molar-refractivity contribution is -0.216. The standard InChI is InChI=1S/C28H40O7/c1-13(17-12-24(2)27(5,35-24)23(31)33-17)14-8-9-15-20-16(11-19(30)25(14,15)3)26(4)18(29)7-6-10-28(26,32)22-21(20)34-22/h6-7,13-17,19-23,30-32H,8-12H2,1-5H3. The molecule has 7 aliphatic rings. The van der Waals surface area contributed by atoms with Crippen LogP contribution < -0.4 is 0 Å². The minimum Gasteiger partial charge on any atom is -0.393 e. The summed E-state index contributed by atoms with van der Waals surface area (Å²) in [7, 11) is 0. The largest absolute Gasteiger partial charge is 0.393 e. The second kappa shape index (κ2) is 6.59. The Morgan fingerprint density at radius 3 is 2.54 bits per heavy atom. The molecular formula is C28H40O7. The Morgan fingerprint density at radius 2 is 1.83 bits per heavy atom. The third-order valence-corrected chi connectivity index (χ3v) is 12.8. The van der Waals surface area contributed by atoms with Crippen molar-refractivity contribution < 1.29 is 34.3 Å². The molecule has 0 aromatic rings. The molecule has 0 radical (unpaired) electrons. The number of carbonyl (C=O) groups excluding carboxylic acids is 1. The predicted molar refractivity (Wildman–Crippen MR) is 125 cm³/mol. The molecule has 15 atom stereocenters. The summed E-state index contributed by atoms with van der Waals surface area (Å²) in [5, 5.41) is 34.2. The van der Waals surface area contributed by atoms with E-state index in [0.717, 1.165) is 19.3 Å². The Kier molecular flexibility index (Phi) is 4.39. The lowest BCUT2D eigenvalue weighted by Gasteiger charge is -2.61. The quantitative estimate of drug-likeness (QED) is 0.512. The monoisotopic (exact) mass is 488 g/mol. The van der Waals surface area contributed by atoms with Crippen LogP contribution in [-0.4, -0.2) is 68.6 Å². The van der Waals surface area contributed by atoms with Gasteiger partial charge in [0, 0.05) is 6.42 Å². The van der Waals surface area contributed by atoms with Crippen LogP contribution in [0.25, 0.3) is 0 Å². The molecule has 0 amide bonds. The van der Waals surface area contributed by atoms with Gasteiger partial charge in [-0.05, 0) is 87.5 Å². The van der Waals surface area contributed by atoms with Crippen molar-refractivity contribution in [3.05, 3.63) is 12.2 Å². The van der Waals surface area contributed by atoms with Gasteiger partial charge < -0.3 is 29.5 Å². The van der Waals surface area contributed by atoms with Gasteiger partial charge >= 0.3 is 0 Å². The molecule has 7 rings (SSSR count). The van der Waals surface area contributed by atoms with E-state index in [1.54, 1.807) is 12.2 Å². The van der Waals surface area contributed by atoms with Crippen LogP contribution >= 0.6 is 0 Å². The van der Waals surface area contributed by atoms with Crippen LogP contribution in [-0.2, 0) is 19.0 Å². The number of fused-ring (bicyclic) bond motifs is 9. The molecule has 7 nitrogen and oxygen atoms in total. The number of allylic oxidation sites excluding steroid dienone is 1. The summed E-state index contributed by atoms with van der Waals surface area (Å²) in [5.74, 6) is 0.590. The first-order chi connectivity index (χ1) is 16.3. The zero-order chi connectivity index (χ0) is 24.9. The summed E-state index contributed by atoms with van der Waals surface area (Å²) in [6.45, 7) is 10.3. The third-order valence-electron chi connectivity index (χ3n) is 12.8. The minimum atomic E-state index is -1.19. The summed E-state index contributed by atoms with van der Waals surface area (Å²) in [4.78, 5) is 13.3. The molecule has 0 aromatic carbocycles. The summed E-state index contributed by atoms with van der Waals surface area (Å²) in [6, 6.07) is 0. The number of aliphatic hydroxyl groups excluding tert-OH is 2. The molecular weight excluding hydrogens is 448 g/mol. The maximum atomic E-state index is 13.3. The predicted octanol–water partition coefficient (Wildman–Crippen LogP) is 2.35. The van der Waals surface area contributed by atoms with Crippen LogP contribution in [0.5, 0.6) is 0 Å². The highest BCUT2D eigenvalue weighted by Gasteiger charge is 2.79. The van der Waals surface area contributed by atoms with Gasteiger partial charge in [0.1, 0.15) is 22.9 Å². The highest BCUT2D eigenvalue weighted by atomic mass is 16.7. The normalized spacial score (nSPS) is 64.9. The highest BCUT2D eigenvalue weighted by molar-refractivity contribution is 5.97. The number of carbonyl (C=O) groups is 1. The van der Waals surface area contributed by atoms with Gasteiger partial charge in [-0.1, -0.05) is 19.9 Å². The Bertz CT molecular complexity index is 1010. The lowest BCUT2D eigenvalue weighted by Crippen LogP contribution is -2.69. The van der Waals surface area contributed by atoms with E-state index in [1.165, 1.54) is 0 Å². The SMILES string of the molecule is CC(C1CC2(C)OC2(C)C(O)O1)C1CCC2C3C4OC4C4(O)CC=CC(=O)C4(C)C3CC(O)C12C. The molecule has 3 saturated carbocycles. The number of hydrogen-bond acceptors (Lipinski definition) is 7. The molecule has 35 heavy (non-hydrogen) atoms. The van der Waals surface area contributed by atoms with Crippen molar-refractivity contribution in [2.24, 2.45) is 40.4 Å². The fourth-order valence-electron chi connectivity index (χ4n) is 10.2. The molecule has 6 fully saturated rings. The second-order valence-electron chi connectivity index (χ2n) is 13.7. The topological polar surface area (TPSA) is 112 Å². The molecule has 3 saturated heterocycles. The van der Waals surface area contributed by atoms with Crippen molar-refractivity contribution >= 4 is 5.78 Å². The average Bonchev–Trinajstić information content (AvgIpc) is 3.66. The van der Waals surface area contributed by atoms with Gasteiger partial charge in [0.2, 0.25) is 0 Å². The van der Waals surface area contributed by atoms with Crippen molar-refractivity contribution in [3.8, 4) is 0 Å². The van der Waals surface area contributed by atoms with Crippen molar-refractivity contribution in [1.29, 1.82) is 0 Å². The smallest absolute Gasteiger partial charge is 0.186 e. The van der Waals surface area contributed by atoms with E-state index in [2.05, 4.69) is 20.8 Å². The van der Waals surface area contributed by atoms with Gasteiger partial charge in [-0.25, -0.2) is 0 Å². The molecule has 194 valence electrons. The van der Waals surface area contributed by atoms with E-state index in [4.69, 9.17) is 14.2 Å². The van der Waals surface area contributed by atoms with Gasteiger partial charge in [0.05, 0.1) is 23.7 Å². The van der Waals surface area contributed by atoms with Gasteiger partial charge in [0.25, 0.3) is 0 Å². The number of ketones is 1. The molecule has 15 unspecified atom stereocenters. The van der Waals surface area contributed by atoms with Crippen LogP contribution in [0.2, 0.25) is 0 Å². The molecule has 4 aliphatic carbocycles. The third kappa shape index (κ3) is 2.47. The first-order valence-electron chi connectivity index (χ1n) is 13.6. The maximum absolute atomic E-state index is 13.3. The summed E-state index contributed by atoms with van der Waals surface area (Å²) >= 11 is 0. The number of aliphatic hydroxyl groups is 3. The fraction of sp³-hybridized carbons (Fsp3) is 0.893. The van der Waals surface area contributed by atoms with Crippen molar-refractivity contribution in [1.82, 2.24) is 0 Å². The number of hydrogen-bond donors (Lipinski definition) is 3. The van der Waals surface area contributed by atoms with Crippen LogP contribution in [0, 0.1) is 40.4 Å². The molecule has 7 heteroatoms. The van der Waals surface area contributed by atoms with Crippen molar-refractivity contribution in [2.45, 2.75) is 114 Å². The van der Waals surface area contributed by atoms with Crippen molar-refractivity contribution in [2.75, 3.05) is 0 Å². The van der Waals surface area contributed by atoms with E-state index in [0.29, 0.717) is 12.8 Å². The van der Waals surface area contributed by atoms with Gasteiger partial charge in [-0.2, -0.15) is 0 Å². The van der Waals surface area contributed by atoms with E-state index in [9.17, 15) is 20.1 Å². The first kappa shape index (κ1) is 23.3. The van der Waals surface area contributed by atoms with Gasteiger partial charge in [-0.3, -0.25) is 4.79 Å². The Hall–Kier alpha value is -0.830. The molecule has 3 aliphatic heterocycles. The van der Waals surface area contributed by atoms with E-state index in [-0.39, 0.29) is 64.7 Å². The first-order valence-corrected chi connectivity index (χ1v) is 13.6. The van der Waals surface area contributed by atoms with Crippen LogP contribution in [0.3, 0.4) is 0 Å². The Balaban J connectivity index is 1.21. The molecule has 0 aromatic heterocycles. The Labute approximate surface area is 207 Å². The molecule has 3 N–H and O–H groups in total. The van der Waals surface area contributed by atoms with Gasteiger partial charge in [-0.15, -0.1) is 0 Å². The van der Waals surface area contributed by atoms with Crippen LogP contribution in [0.1, 0.15) is 66.7 Å². The van der Waals surface area contributed by atoms with Crippen LogP contribution in [0.4, 0.5) is 0 Å². The number of epoxide rings is 2. The second-order valence-corrected chi connectivity index (χ2v) is 13.7. The lowest BCUT2D eigenvalue weighted by atomic mass is 9.43. The Morgan fingerprint density at radius 1 is 1.09 bits per heavy atom. The zero-order valence-corrected chi connectivity index (χ0v) is 21.4. The summed E-state index contributed by atoms with van der Waals surface area (Å²) in [5.41, 5.74) is -3.46. The fourth-order valence-corrected chi connectivity index (χ4v) is 10.2. The van der Waals surface area contributed by atoms with E-state index < -0.39 is 29.0 Å². The summed E-state index contributed by atoms with van der Waals surface area (Å²) in [6.07, 6.45) is 5.01. The minimum absolute atomic E-state index is 0.0285. The number of ether oxygens (including phenoxy) is 3. The molecule has 0 spiro atoms. The van der Waals surface area contributed by atoms with Gasteiger partial charge in [0.15, 0.2) is 12.1 Å². The zero-order valence-electron chi connectivity index (χ0n) is 21.4. The molecule has 0 bridgehead atoms. The molecule has 3 heterocycles. The average molecular weight is 489 g/mol. The van der Waals surface area contributed by atoms with E-state index in [1.807, 2.05) is 13.8 Å². The van der Waals surface area contributed by atoms with E-state index >= 15 is 0 Å². The summed E-state index contributed by atoms with van der Waals surface area (Å²) < 4.78 is 18.3. The highest BCUT2D eigenvalue weighted by Crippen LogP contribution is 2.72.